The lowest BCUT2D eigenvalue weighted by molar-refractivity contribution is 0.0615. The third-order valence-corrected chi connectivity index (χ3v) is 2.38. The zero-order chi connectivity index (χ0) is 12.7. The molecule has 6 nitrogen and oxygen atoms in total. The summed E-state index contributed by atoms with van der Waals surface area (Å²) in [4.78, 5) is 15.7. The highest BCUT2D eigenvalue weighted by atomic mass is 16.5. The first-order valence-corrected chi connectivity index (χ1v) is 5.65. The maximum Gasteiger partial charge on any atom is 0.293 e. The lowest BCUT2D eigenvalue weighted by atomic mass is 10.2. The monoisotopic (exact) mass is 241 g/mol. The van der Waals surface area contributed by atoms with Gasteiger partial charge in [0.25, 0.3) is 5.56 Å². The van der Waals surface area contributed by atoms with Gasteiger partial charge in [0.15, 0.2) is 5.82 Å². The SMILES string of the molecule is CCn1ccnc(NCCC(O)COC)c1=O. The van der Waals surface area contributed by atoms with Crippen molar-refractivity contribution in [1.29, 1.82) is 0 Å². The van der Waals surface area contributed by atoms with Gasteiger partial charge in [-0.2, -0.15) is 0 Å². The minimum absolute atomic E-state index is 0.142. The Bertz CT molecular complexity index is 392. The van der Waals surface area contributed by atoms with Crippen molar-refractivity contribution < 1.29 is 9.84 Å². The van der Waals surface area contributed by atoms with Crippen molar-refractivity contribution in [3.8, 4) is 0 Å². The minimum atomic E-state index is -0.524. The molecule has 0 spiro atoms. The van der Waals surface area contributed by atoms with Crippen LogP contribution in [-0.2, 0) is 11.3 Å². The maximum atomic E-state index is 11.8. The Morgan fingerprint density at radius 3 is 3.06 bits per heavy atom. The van der Waals surface area contributed by atoms with Crippen LogP contribution in [0.4, 0.5) is 5.82 Å². The first-order valence-electron chi connectivity index (χ1n) is 5.65. The molecule has 1 heterocycles. The highest BCUT2D eigenvalue weighted by Crippen LogP contribution is 1.96. The van der Waals surface area contributed by atoms with Gasteiger partial charge in [-0.3, -0.25) is 4.79 Å². The number of nitrogens with zero attached hydrogens (tertiary/aromatic N) is 2. The first kappa shape index (κ1) is 13.7. The summed E-state index contributed by atoms with van der Waals surface area (Å²) in [5.41, 5.74) is -0.142. The van der Waals surface area contributed by atoms with E-state index in [0.29, 0.717) is 31.9 Å². The number of aliphatic hydroxyl groups is 1. The number of methoxy groups -OCH3 is 1. The summed E-state index contributed by atoms with van der Waals surface area (Å²) in [5.74, 6) is 0.318. The predicted octanol–water partition coefficient (Wildman–Crippen LogP) is 0.0725. The van der Waals surface area contributed by atoms with Gasteiger partial charge in [0, 0.05) is 32.6 Å². The van der Waals surface area contributed by atoms with Crippen molar-refractivity contribution in [1.82, 2.24) is 9.55 Å². The molecule has 0 saturated carbocycles. The third-order valence-electron chi connectivity index (χ3n) is 2.38. The van der Waals surface area contributed by atoms with E-state index in [-0.39, 0.29) is 5.56 Å². The summed E-state index contributed by atoms with van der Waals surface area (Å²) in [6.07, 6.45) is 3.21. The Hall–Kier alpha value is -1.40. The molecule has 0 radical (unpaired) electrons. The molecular formula is C11H19N3O3. The van der Waals surface area contributed by atoms with Crippen molar-refractivity contribution in [2.75, 3.05) is 25.6 Å². The molecular weight excluding hydrogens is 222 g/mol. The van der Waals surface area contributed by atoms with Crippen LogP contribution in [0.5, 0.6) is 0 Å². The smallest absolute Gasteiger partial charge is 0.293 e. The molecule has 1 aromatic heterocycles. The van der Waals surface area contributed by atoms with Crippen LogP contribution in [0.3, 0.4) is 0 Å². The molecule has 0 aromatic carbocycles. The average Bonchev–Trinajstić information content (AvgIpc) is 2.32. The van der Waals surface area contributed by atoms with Crippen molar-refractivity contribution >= 4 is 5.82 Å². The fourth-order valence-electron chi connectivity index (χ4n) is 1.45. The predicted molar refractivity (Wildman–Crippen MR) is 65.2 cm³/mol. The first-order chi connectivity index (χ1) is 8.19. The van der Waals surface area contributed by atoms with Gasteiger partial charge >= 0.3 is 0 Å². The third kappa shape index (κ3) is 4.16. The van der Waals surface area contributed by atoms with Gasteiger partial charge in [0.1, 0.15) is 0 Å². The Labute approximate surface area is 100 Å². The number of aryl methyl sites for hydroxylation is 1. The fraction of sp³-hybridized carbons (Fsp3) is 0.636. The summed E-state index contributed by atoms with van der Waals surface area (Å²) in [7, 11) is 1.54. The summed E-state index contributed by atoms with van der Waals surface area (Å²) in [6.45, 7) is 3.29. The molecule has 1 atom stereocenters. The quantitative estimate of drug-likeness (QED) is 0.706. The topological polar surface area (TPSA) is 76.4 Å². The molecule has 0 saturated heterocycles. The lowest BCUT2D eigenvalue weighted by Crippen LogP contribution is -2.25. The molecule has 0 fully saturated rings. The van der Waals surface area contributed by atoms with Gasteiger partial charge < -0.3 is 19.7 Å². The molecule has 0 aliphatic rings. The normalized spacial score (nSPS) is 12.4. The van der Waals surface area contributed by atoms with Crippen molar-refractivity contribution in [3.05, 3.63) is 22.7 Å². The molecule has 1 aromatic rings. The highest BCUT2D eigenvalue weighted by Gasteiger charge is 2.05. The Balaban J connectivity index is 2.50. The summed E-state index contributed by atoms with van der Waals surface area (Å²) in [5, 5.41) is 12.3. The number of hydrogen-bond donors (Lipinski definition) is 2. The van der Waals surface area contributed by atoms with Gasteiger partial charge in [0.2, 0.25) is 0 Å². The highest BCUT2D eigenvalue weighted by molar-refractivity contribution is 5.30. The molecule has 2 N–H and O–H groups in total. The Morgan fingerprint density at radius 2 is 2.41 bits per heavy atom. The second-order valence-electron chi connectivity index (χ2n) is 3.69. The van der Waals surface area contributed by atoms with Crippen LogP contribution in [0.15, 0.2) is 17.2 Å². The van der Waals surface area contributed by atoms with Crippen molar-refractivity contribution in [2.24, 2.45) is 0 Å². The number of aromatic nitrogens is 2. The van der Waals surface area contributed by atoms with Gasteiger partial charge in [0.05, 0.1) is 12.7 Å². The van der Waals surface area contributed by atoms with Crippen LogP contribution in [0.25, 0.3) is 0 Å². The van der Waals surface area contributed by atoms with E-state index in [1.54, 1.807) is 17.0 Å². The van der Waals surface area contributed by atoms with E-state index >= 15 is 0 Å². The fourth-order valence-corrected chi connectivity index (χ4v) is 1.45. The Morgan fingerprint density at radius 1 is 1.65 bits per heavy atom. The maximum absolute atomic E-state index is 11.8. The molecule has 1 rings (SSSR count). The second kappa shape index (κ2) is 7.03. The van der Waals surface area contributed by atoms with E-state index in [1.807, 2.05) is 6.92 Å². The summed E-state index contributed by atoms with van der Waals surface area (Å²) >= 11 is 0. The molecule has 17 heavy (non-hydrogen) atoms. The van der Waals surface area contributed by atoms with Crippen LogP contribution in [0, 0.1) is 0 Å². The number of anilines is 1. The van der Waals surface area contributed by atoms with Crippen LogP contribution in [0.2, 0.25) is 0 Å². The Kier molecular flexibility index (Phi) is 5.65. The molecule has 96 valence electrons. The van der Waals surface area contributed by atoms with Crippen LogP contribution in [-0.4, -0.2) is 41.0 Å². The van der Waals surface area contributed by atoms with Crippen LogP contribution >= 0.6 is 0 Å². The van der Waals surface area contributed by atoms with Crippen molar-refractivity contribution in [2.45, 2.75) is 26.0 Å². The van der Waals surface area contributed by atoms with E-state index in [0.717, 1.165) is 0 Å². The number of aliphatic hydroxyl groups excluding tert-OH is 1. The minimum Gasteiger partial charge on any atom is -0.391 e. The largest absolute Gasteiger partial charge is 0.391 e. The van der Waals surface area contributed by atoms with E-state index in [9.17, 15) is 9.90 Å². The van der Waals surface area contributed by atoms with Gasteiger partial charge in [-0.05, 0) is 13.3 Å². The summed E-state index contributed by atoms with van der Waals surface area (Å²) in [6, 6.07) is 0. The summed E-state index contributed by atoms with van der Waals surface area (Å²) < 4.78 is 6.38. The molecule has 0 aliphatic heterocycles. The zero-order valence-corrected chi connectivity index (χ0v) is 10.2. The van der Waals surface area contributed by atoms with E-state index < -0.39 is 6.10 Å². The number of nitrogens with one attached hydrogen (secondary N) is 1. The second-order valence-corrected chi connectivity index (χ2v) is 3.69. The van der Waals surface area contributed by atoms with E-state index in [4.69, 9.17) is 4.74 Å². The van der Waals surface area contributed by atoms with E-state index in [2.05, 4.69) is 10.3 Å². The number of rotatable bonds is 7. The molecule has 0 bridgehead atoms. The average molecular weight is 241 g/mol. The van der Waals surface area contributed by atoms with Crippen LogP contribution in [0.1, 0.15) is 13.3 Å². The van der Waals surface area contributed by atoms with E-state index in [1.165, 1.54) is 7.11 Å². The van der Waals surface area contributed by atoms with Crippen LogP contribution < -0.4 is 10.9 Å². The van der Waals surface area contributed by atoms with Gasteiger partial charge in [-0.15, -0.1) is 0 Å². The van der Waals surface area contributed by atoms with Gasteiger partial charge in [-0.1, -0.05) is 0 Å². The molecule has 6 heteroatoms. The molecule has 0 amide bonds. The standard InChI is InChI=1S/C11H19N3O3/c1-3-14-7-6-13-10(11(14)16)12-5-4-9(15)8-17-2/h6-7,9,15H,3-5,8H2,1-2H3,(H,12,13). The van der Waals surface area contributed by atoms with Gasteiger partial charge in [-0.25, -0.2) is 4.98 Å². The molecule has 1 unspecified atom stereocenters. The molecule has 0 aliphatic carbocycles. The number of ether oxygens (including phenoxy) is 1. The number of hydrogen-bond acceptors (Lipinski definition) is 5. The lowest BCUT2D eigenvalue weighted by Gasteiger charge is -2.10. The van der Waals surface area contributed by atoms with Crippen molar-refractivity contribution in [3.63, 3.8) is 0 Å². The zero-order valence-electron chi connectivity index (χ0n) is 10.2.